The van der Waals surface area contributed by atoms with E-state index in [1.807, 2.05) is 13.0 Å². The van der Waals surface area contributed by atoms with Gasteiger partial charge in [-0.1, -0.05) is 6.08 Å². The Morgan fingerprint density at radius 1 is 1.53 bits per heavy atom. The third-order valence-corrected chi connectivity index (χ3v) is 3.70. The second kappa shape index (κ2) is 7.16. The number of amides is 2. The molecule has 108 valence electrons. The van der Waals surface area contributed by atoms with E-state index in [1.54, 1.807) is 16.8 Å². The number of rotatable bonds is 5. The predicted molar refractivity (Wildman–Crippen MR) is 74.0 cm³/mol. The zero-order valence-electron chi connectivity index (χ0n) is 11.8. The number of piperidine rings is 1. The van der Waals surface area contributed by atoms with Crippen molar-refractivity contribution >= 4 is 12.0 Å². The molecule has 19 heavy (non-hydrogen) atoms. The molecule has 1 rings (SSSR count). The molecule has 5 nitrogen and oxygen atoms in total. The zero-order valence-corrected chi connectivity index (χ0v) is 11.8. The Morgan fingerprint density at radius 3 is 2.74 bits per heavy atom. The van der Waals surface area contributed by atoms with Crippen LogP contribution in [0.5, 0.6) is 0 Å². The predicted octanol–water partition coefficient (Wildman–Crippen LogP) is 2.19. The maximum atomic E-state index is 12.3. The van der Waals surface area contributed by atoms with Crippen molar-refractivity contribution in [3.05, 3.63) is 12.7 Å². The third-order valence-electron chi connectivity index (χ3n) is 3.70. The highest BCUT2D eigenvalue weighted by Crippen LogP contribution is 2.23. The number of hydrogen-bond donors (Lipinski definition) is 1. The van der Waals surface area contributed by atoms with Crippen LogP contribution in [0.2, 0.25) is 0 Å². The molecule has 1 saturated heterocycles. The minimum atomic E-state index is -0.752. The van der Waals surface area contributed by atoms with Gasteiger partial charge in [-0.15, -0.1) is 6.58 Å². The van der Waals surface area contributed by atoms with E-state index in [9.17, 15) is 9.59 Å². The van der Waals surface area contributed by atoms with Crippen molar-refractivity contribution in [3.8, 4) is 0 Å². The van der Waals surface area contributed by atoms with E-state index in [2.05, 4.69) is 6.58 Å². The molecule has 0 saturated carbocycles. The van der Waals surface area contributed by atoms with Gasteiger partial charge in [0.1, 0.15) is 0 Å². The van der Waals surface area contributed by atoms with E-state index in [4.69, 9.17) is 5.11 Å². The Balaban J connectivity index is 2.49. The average Bonchev–Trinajstić information content (AvgIpc) is 2.37. The summed E-state index contributed by atoms with van der Waals surface area (Å²) in [6.45, 7) is 6.82. The SMILES string of the molecule is C=CCCCN(C)C(=O)N1CCC(C(=O)O)CC1C. The van der Waals surface area contributed by atoms with E-state index in [-0.39, 0.29) is 18.0 Å². The number of nitrogens with zero attached hydrogens (tertiary/aromatic N) is 2. The molecule has 0 bridgehead atoms. The number of carbonyl (C=O) groups excluding carboxylic acids is 1. The summed E-state index contributed by atoms with van der Waals surface area (Å²) in [4.78, 5) is 26.7. The molecule has 0 aliphatic carbocycles. The second-order valence-corrected chi connectivity index (χ2v) is 5.24. The normalized spacial score (nSPS) is 22.9. The van der Waals surface area contributed by atoms with Gasteiger partial charge in [-0.2, -0.15) is 0 Å². The maximum absolute atomic E-state index is 12.3. The van der Waals surface area contributed by atoms with Gasteiger partial charge in [0.2, 0.25) is 0 Å². The highest BCUT2D eigenvalue weighted by molar-refractivity contribution is 5.75. The van der Waals surface area contributed by atoms with Crippen molar-refractivity contribution in [3.63, 3.8) is 0 Å². The third kappa shape index (κ3) is 4.26. The summed E-state index contributed by atoms with van der Waals surface area (Å²) >= 11 is 0. The van der Waals surface area contributed by atoms with Crippen molar-refractivity contribution in [1.29, 1.82) is 0 Å². The molecular weight excluding hydrogens is 244 g/mol. The van der Waals surface area contributed by atoms with E-state index in [1.165, 1.54) is 0 Å². The Kier molecular flexibility index (Phi) is 5.86. The minimum absolute atomic E-state index is 0.000371. The van der Waals surface area contributed by atoms with Crippen LogP contribution < -0.4 is 0 Å². The Hall–Kier alpha value is -1.52. The lowest BCUT2D eigenvalue weighted by atomic mass is 9.92. The van der Waals surface area contributed by atoms with Crippen molar-refractivity contribution in [2.75, 3.05) is 20.1 Å². The molecule has 5 heteroatoms. The first-order valence-electron chi connectivity index (χ1n) is 6.82. The fraction of sp³-hybridized carbons (Fsp3) is 0.714. The average molecular weight is 268 g/mol. The molecule has 2 atom stereocenters. The van der Waals surface area contributed by atoms with Gasteiger partial charge >= 0.3 is 12.0 Å². The topological polar surface area (TPSA) is 60.9 Å². The number of hydrogen-bond acceptors (Lipinski definition) is 2. The highest BCUT2D eigenvalue weighted by atomic mass is 16.4. The van der Waals surface area contributed by atoms with E-state index in [0.29, 0.717) is 25.9 Å². The van der Waals surface area contributed by atoms with Crippen LogP contribution in [0.3, 0.4) is 0 Å². The standard InChI is InChI=1S/C14H24N2O3/c1-4-5-6-8-15(3)14(19)16-9-7-12(13(17)18)10-11(16)2/h4,11-12H,1,5-10H2,2-3H3,(H,17,18). The van der Waals surface area contributed by atoms with Crippen LogP contribution in [0.1, 0.15) is 32.6 Å². The number of likely N-dealkylation sites (tertiary alicyclic amines) is 1. The smallest absolute Gasteiger partial charge is 0.319 e. The molecule has 0 aromatic heterocycles. The van der Waals surface area contributed by atoms with Crippen molar-refractivity contribution < 1.29 is 14.7 Å². The van der Waals surface area contributed by atoms with Crippen LogP contribution in [-0.4, -0.2) is 53.1 Å². The molecule has 1 heterocycles. The van der Waals surface area contributed by atoms with E-state index < -0.39 is 5.97 Å². The van der Waals surface area contributed by atoms with Crippen LogP contribution in [0, 0.1) is 5.92 Å². The molecule has 2 unspecified atom stereocenters. The summed E-state index contributed by atoms with van der Waals surface area (Å²) in [5.41, 5.74) is 0. The highest BCUT2D eigenvalue weighted by Gasteiger charge is 2.33. The van der Waals surface area contributed by atoms with Gasteiger partial charge in [-0.05, 0) is 32.6 Å². The van der Waals surface area contributed by atoms with Gasteiger partial charge in [0.15, 0.2) is 0 Å². The molecule has 1 aliphatic rings. The first kappa shape index (κ1) is 15.5. The quantitative estimate of drug-likeness (QED) is 0.614. The van der Waals surface area contributed by atoms with Crippen LogP contribution in [-0.2, 0) is 4.79 Å². The lowest BCUT2D eigenvalue weighted by Gasteiger charge is -2.38. The summed E-state index contributed by atoms with van der Waals surface area (Å²) < 4.78 is 0. The summed E-state index contributed by atoms with van der Waals surface area (Å²) in [6, 6.07) is -0.00962. The van der Waals surface area contributed by atoms with Crippen molar-refractivity contribution in [2.45, 2.75) is 38.6 Å². The van der Waals surface area contributed by atoms with Gasteiger partial charge in [0, 0.05) is 26.2 Å². The molecule has 1 N–H and O–H groups in total. The Morgan fingerprint density at radius 2 is 2.21 bits per heavy atom. The molecule has 0 aromatic rings. The van der Waals surface area contributed by atoms with E-state index >= 15 is 0 Å². The lowest BCUT2D eigenvalue weighted by molar-refractivity contribution is -0.143. The van der Waals surface area contributed by atoms with Gasteiger partial charge in [0.05, 0.1) is 5.92 Å². The Labute approximate surface area is 114 Å². The number of urea groups is 1. The van der Waals surface area contributed by atoms with Crippen molar-refractivity contribution in [1.82, 2.24) is 9.80 Å². The molecule has 0 spiro atoms. The van der Waals surface area contributed by atoms with Gasteiger partial charge in [-0.3, -0.25) is 4.79 Å². The number of aliphatic carboxylic acids is 1. The fourth-order valence-electron chi connectivity index (χ4n) is 2.47. The molecular formula is C14H24N2O3. The number of carboxylic acids is 1. The summed E-state index contributed by atoms with van der Waals surface area (Å²) in [6.07, 6.45) is 4.74. The first-order chi connectivity index (χ1) is 8.97. The van der Waals surface area contributed by atoms with Gasteiger partial charge in [0.25, 0.3) is 0 Å². The zero-order chi connectivity index (χ0) is 14.4. The Bertz CT molecular complexity index is 344. The number of carboxylic acid groups (broad SMARTS) is 1. The summed E-state index contributed by atoms with van der Waals surface area (Å²) in [7, 11) is 1.79. The minimum Gasteiger partial charge on any atom is -0.481 e. The van der Waals surface area contributed by atoms with Crippen LogP contribution in [0.15, 0.2) is 12.7 Å². The number of allylic oxidation sites excluding steroid dienone is 1. The summed E-state index contributed by atoms with van der Waals surface area (Å²) in [5, 5.41) is 9.01. The molecule has 0 aromatic carbocycles. The molecule has 1 fully saturated rings. The monoisotopic (exact) mass is 268 g/mol. The van der Waals surface area contributed by atoms with Gasteiger partial charge in [-0.25, -0.2) is 4.79 Å². The lowest BCUT2D eigenvalue weighted by Crippen LogP contribution is -2.50. The maximum Gasteiger partial charge on any atom is 0.319 e. The largest absolute Gasteiger partial charge is 0.481 e. The summed E-state index contributed by atoms with van der Waals surface area (Å²) in [5.74, 6) is -1.07. The molecule has 1 aliphatic heterocycles. The van der Waals surface area contributed by atoms with Crippen LogP contribution in [0.25, 0.3) is 0 Å². The first-order valence-corrected chi connectivity index (χ1v) is 6.82. The van der Waals surface area contributed by atoms with Crippen LogP contribution >= 0.6 is 0 Å². The fourth-order valence-corrected chi connectivity index (χ4v) is 2.47. The van der Waals surface area contributed by atoms with E-state index in [0.717, 1.165) is 12.8 Å². The van der Waals surface area contributed by atoms with Crippen LogP contribution in [0.4, 0.5) is 4.79 Å². The molecule has 2 amide bonds. The second-order valence-electron chi connectivity index (χ2n) is 5.24. The number of unbranched alkanes of at least 4 members (excludes halogenated alkanes) is 1. The number of carbonyl (C=O) groups is 2. The molecule has 0 radical (unpaired) electrons. The van der Waals surface area contributed by atoms with Crippen molar-refractivity contribution in [2.24, 2.45) is 5.92 Å². The van der Waals surface area contributed by atoms with Gasteiger partial charge < -0.3 is 14.9 Å².